The molecule has 0 radical (unpaired) electrons. The molecule has 0 aliphatic carbocycles. The van der Waals surface area contributed by atoms with Gasteiger partial charge in [-0.15, -0.1) is 0 Å². The fraction of sp³-hybridized carbons (Fsp3) is 0.360. The van der Waals surface area contributed by atoms with E-state index < -0.39 is 0 Å². The van der Waals surface area contributed by atoms with E-state index >= 15 is 0 Å². The van der Waals surface area contributed by atoms with Gasteiger partial charge in [-0.3, -0.25) is 4.79 Å². The first-order valence-electron chi connectivity index (χ1n) is 10.9. The van der Waals surface area contributed by atoms with E-state index in [1.54, 1.807) is 7.11 Å². The lowest BCUT2D eigenvalue weighted by atomic mass is 9.99. The van der Waals surface area contributed by atoms with Crippen molar-refractivity contribution >= 4 is 28.2 Å². The third-order valence-electron chi connectivity index (χ3n) is 5.75. The van der Waals surface area contributed by atoms with Crippen LogP contribution in [0.5, 0.6) is 11.5 Å². The van der Waals surface area contributed by atoms with E-state index in [9.17, 15) is 4.79 Å². The Morgan fingerprint density at radius 2 is 1.81 bits per heavy atom. The highest BCUT2D eigenvalue weighted by Gasteiger charge is 2.23. The summed E-state index contributed by atoms with van der Waals surface area (Å²) in [6.45, 7) is 6.39. The molecule has 0 saturated carbocycles. The van der Waals surface area contributed by atoms with Crippen LogP contribution < -0.4 is 14.8 Å². The normalized spacial score (nSPS) is 14.5. The number of fused-ring (bicyclic) bond motifs is 1. The zero-order valence-corrected chi connectivity index (χ0v) is 18.4. The number of likely N-dealkylation sites (tertiary alicyclic amines) is 1. The first-order valence-corrected chi connectivity index (χ1v) is 10.9. The second-order valence-electron chi connectivity index (χ2n) is 8.00. The molecule has 1 N–H and O–H groups in total. The molecule has 1 saturated heterocycles. The highest BCUT2D eigenvalue weighted by Crippen LogP contribution is 2.31. The Morgan fingerprint density at radius 1 is 1.10 bits per heavy atom. The molecular formula is C25H29N3O3. The molecule has 0 atom stereocenters. The van der Waals surface area contributed by atoms with Gasteiger partial charge >= 0.3 is 0 Å². The molecular weight excluding hydrogens is 390 g/mol. The molecule has 1 fully saturated rings. The second-order valence-corrected chi connectivity index (χ2v) is 8.00. The standard InChI is InChI=1S/C25H29N3O3/c1-4-31-19-7-5-18(6-8-19)26-23-16-24(25(29)28-13-11-17(2)12-14-28)27-22-10-9-20(30-3)15-21(22)23/h5-10,15-17H,4,11-14H2,1-3H3,(H,26,27). The third kappa shape index (κ3) is 4.74. The molecule has 31 heavy (non-hydrogen) atoms. The number of methoxy groups -OCH3 is 1. The summed E-state index contributed by atoms with van der Waals surface area (Å²) in [5.74, 6) is 2.22. The number of amides is 1. The first kappa shape index (κ1) is 21.0. The predicted molar refractivity (Wildman–Crippen MR) is 123 cm³/mol. The maximum Gasteiger partial charge on any atom is 0.272 e. The highest BCUT2D eigenvalue weighted by molar-refractivity contribution is 6.01. The Morgan fingerprint density at radius 3 is 2.48 bits per heavy atom. The number of nitrogens with zero attached hydrogens (tertiary/aromatic N) is 2. The molecule has 6 nitrogen and oxygen atoms in total. The number of aromatic nitrogens is 1. The number of hydrogen-bond donors (Lipinski definition) is 1. The van der Waals surface area contributed by atoms with Crippen LogP contribution in [-0.2, 0) is 0 Å². The van der Waals surface area contributed by atoms with Gasteiger partial charge < -0.3 is 19.7 Å². The number of piperidine rings is 1. The smallest absolute Gasteiger partial charge is 0.272 e. The summed E-state index contributed by atoms with van der Waals surface area (Å²) in [5.41, 5.74) is 2.94. The number of benzene rings is 2. The lowest BCUT2D eigenvalue weighted by Gasteiger charge is -2.30. The van der Waals surface area contributed by atoms with E-state index in [2.05, 4.69) is 17.2 Å². The Kier molecular flexibility index (Phi) is 6.26. The molecule has 1 aromatic heterocycles. The monoisotopic (exact) mass is 419 g/mol. The minimum absolute atomic E-state index is 0.0145. The SMILES string of the molecule is CCOc1ccc(Nc2cc(C(=O)N3CCC(C)CC3)nc3ccc(OC)cc23)cc1. The van der Waals surface area contributed by atoms with Gasteiger partial charge in [0, 0.05) is 24.2 Å². The molecule has 1 amide bonds. The Balaban J connectivity index is 1.69. The van der Waals surface area contributed by atoms with E-state index in [0.717, 1.165) is 59.7 Å². The summed E-state index contributed by atoms with van der Waals surface area (Å²) in [7, 11) is 1.64. The molecule has 0 bridgehead atoms. The van der Waals surface area contributed by atoms with Crippen LogP contribution in [0, 0.1) is 5.92 Å². The molecule has 0 spiro atoms. The maximum absolute atomic E-state index is 13.2. The fourth-order valence-electron chi connectivity index (χ4n) is 3.88. The minimum atomic E-state index is -0.0145. The molecule has 162 valence electrons. The van der Waals surface area contributed by atoms with Gasteiger partial charge in [0.05, 0.1) is 24.9 Å². The van der Waals surface area contributed by atoms with Crippen LogP contribution in [0.3, 0.4) is 0 Å². The van der Waals surface area contributed by atoms with Crippen molar-refractivity contribution < 1.29 is 14.3 Å². The summed E-state index contributed by atoms with van der Waals surface area (Å²) in [6.07, 6.45) is 2.07. The van der Waals surface area contributed by atoms with Gasteiger partial charge in [0.1, 0.15) is 17.2 Å². The highest BCUT2D eigenvalue weighted by atomic mass is 16.5. The zero-order chi connectivity index (χ0) is 21.8. The van der Waals surface area contributed by atoms with Crippen LogP contribution in [0.25, 0.3) is 10.9 Å². The molecule has 4 rings (SSSR count). The summed E-state index contributed by atoms with van der Waals surface area (Å²) < 4.78 is 10.9. The average molecular weight is 420 g/mol. The van der Waals surface area contributed by atoms with Crippen molar-refractivity contribution in [1.82, 2.24) is 9.88 Å². The van der Waals surface area contributed by atoms with Gasteiger partial charge in [0.15, 0.2) is 0 Å². The largest absolute Gasteiger partial charge is 0.497 e. The van der Waals surface area contributed by atoms with Crippen LogP contribution in [-0.4, -0.2) is 42.6 Å². The Bertz CT molecular complexity index is 1060. The number of anilines is 2. The van der Waals surface area contributed by atoms with Crippen molar-refractivity contribution in [2.45, 2.75) is 26.7 Å². The summed E-state index contributed by atoms with van der Waals surface area (Å²) in [4.78, 5) is 19.8. The average Bonchev–Trinajstić information content (AvgIpc) is 2.80. The summed E-state index contributed by atoms with van der Waals surface area (Å²) in [6, 6.07) is 15.3. The van der Waals surface area contributed by atoms with Gasteiger partial charge in [0.25, 0.3) is 5.91 Å². The zero-order valence-electron chi connectivity index (χ0n) is 18.4. The lowest BCUT2D eigenvalue weighted by molar-refractivity contribution is 0.0691. The lowest BCUT2D eigenvalue weighted by Crippen LogP contribution is -2.38. The van der Waals surface area contributed by atoms with E-state index in [-0.39, 0.29) is 5.91 Å². The number of hydrogen-bond acceptors (Lipinski definition) is 5. The van der Waals surface area contributed by atoms with E-state index in [1.807, 2.05) is 60.4 Å². The second kappa shape index (κ2) is 9.25. The number of carbonyl (C=O) groups excluding carboxylic acids is 1. The van der Waals surface area contributed by atoms with Gasteiger partial charge in [-0.2, -0.15) is 0 Å². The van der Waals surface area contributed by atoms with Crippen molar-refractivity contribution in [3.05, 3.63) is 54.2 Å². The van der Waals surface area contributed by atoms with Crippen molar-refractivity contribution in [1.29, 1.82) is 0 Å². The van der Waals surface area contributed by atoms with Crippen molar-refractivity contribution in [2.75, 3.05) is 32.1 Å². The quantitative estimate of drug-likeness (QED) is 0.591. The van der Waals surface area contributed by atoms with Gasteiger partial charge in [-0.25, -0.2) is 4.98 Å². The van der Waals surface area contributed by atoms with E-state index in [4.69, 9.17) is 9.47 Å². The van der Waals surface area contributed by atoms with Gasteiger partial charge in [-0.05, 0) is 74.2 Å². The Labute approximate surface area is 183 Å². The minimum Gasteiger partial charge on any atom is -0.497 e. The van der Waals surface area contributed by atoms with E-state index in [1.165, 1.54) is 0 Å². The Hall–Kier alpha value is -3.28. The van der Waals surface area contributed by atoms with Crippen LogP contribution in [0.4, 0.5) is 11.4 Å². The number of rotatable bonds is 6. The van der Waals surface area contributed by atoms with E-state index in [0.29, 0.717) is 18.2 Å². The number of carbonyl (C=O) groups is 1. The number of ether oxygens (including phenoxy) is 2. The van der Waals surface area contributed by atoms with Crippen molar-refractivity contribution in [2.24, 2.45) is 5.92 Å². The summed E-state index contributed by atoms with van der Waals surface area (Å²) in [5, 5.41) is 4.35. The predicted octanol–water partition coefficient (Wildman–Crippen LogP) is 5.26. The van der Waals surface area contributed by atoms with Crippen LogP contribution in [0.1, 0.15) is 37.2 Å². The van der Waals surface area contributed by atoms with Gasteiger partial charge in [0.2, 0.25) is 0 Å². The van der Waals surface area contributed by atoms with Crippen LogP contribution in [0.15, 0.2) is 48.5 Å². The molecule has 0 unspecified atom stereocenters. The van der Waals surface area contributed by atoms with Crippen molar-refractivity contribution in [3.63, 3.8) is 0 Å². The number of pyridine rings is 1. The molecule has 2 aromatic carbocycles. The molecule has 1 aliphatic rings. The van der Waals surface area contributed by atoms with Crippen LogP contribution in [0.2, 0.25) is 0 Å². The van der Waals surface area contributed by atoms with Crippen molar-refractivity contribution in [3.8, 4) is 11.5 Å². The van der Waals surface area contributed by atoms with Crippen LogP contribution >= 0.6 is 0 Å². The molecule has 1 aliphatic heterocycles. The van der Waals surface area contributed by atoms with Gasteiger partial charge in [-0.1, -0.05) is 6.92 Å². The summed E-state index contributed by atoms with van der Waals surface area (Å²) >= 11 is 0. The molecule has 3 aromatic rings. The first-order chi connectivity index (χ1) is 15.1. The maximum atomic E-state index is 13.2. The third-order valence-corrected chi connectivity index (χ3v) is 5.75. The number of nitrogens with one attached hydrogen (secondary N) is 1. The molecule has 2 heterocycles. The molecule has 6 heteroatoms. The topological polar surface area (TPSA) is 63.7 Å². The fourth-order valence-corrected chi connectivity index (χ4v) is 3.88.